The van der Waals surface area contributed by atoms with Crippen LogP contribution in [0, 0.1) is 4.91 Å². The van der Waals surface area contributed by atoms with Gasteiger partial charge in [-0.25, -0.2) is 0 Å². The van der Waals surface area contributed by atoms with Crippen molar-refractivity contribution in [1.29, 1.82) is 0 Å². The fourth-order valence-electron chi connectivity index (χ4n) is 0.978. The highest BCUT2D eigenvalue weighted by Crippen LogP contribution is 1.99. The molecule has 0 saturated heterocycles. The van der Waals surface area contributed by atoms with E-state index in [-0.39, 0.29) is 0 Å². The molecule has 0 rings (SSSR count). The molecule has 0 aliphatic carbocycles. The van der Waals surface area contributed by atoms with E-state index in [1.165, 1.54) is 25.7 Å². The minimum absolute atomic E-state index is 0.326. The van der Waals surface area contributed by atoms with E-state index in [0.29, 0.717) is 6.67 Å². The van der Waals surface area contributed by atoms with Crippen molar-refractivity contribution in [2.45, 2.75) is 32.6 Å². The van der Waals surface area contributed by atoms with E-state index in [1.807, 2.05) is 11.9 Å². The maximum Gasteiger partial charge on any atom is 0.133 e. The molecule has 0 aliphatic heterocycles. The van der Waals surface area contributed by atoms with Gasteiger partial charge in [-0.3, -0.25) is 4.90 Å². The summed E-state index contributed by atoms with van der Waals surface area (Å²) in [5.74, 6) is 0. The van der Waals surface area contributed by atoms with E-state index in [0.717, 1.165) is 6.54 Å². The lowest BCUT2D eigenvalue weighted by molar-refractivity contribution is 0.334. The predicted octanol–water partition coefficient (Wildman–Crippen LogP) is 2.22. The summed E-state index contributed by atoms with van der Waals surface area (Å²) in [5.41, 5.74) is 0. The van der Waals surface area contributed by atoms with Gasteiger partial charge >= 0.3 is 0 Å². The monoisotopic (exact) mass is 158 g/mol. The summed E-state index contributed by atoms with van der Waals surface area (Å²) in [5, 5.41) is 2.81. The van der Waals surface area contributed by atoms with Crippen LogP contribution >= 0.6 is 0 Å². The van der Waals surface area contributed by atoms with Crippen LogP contribution in [0.4, 0.5) is 0 Å². The van der Waals surface area contributed by atoms with Crippen LogP contribution in [-0.4, -0.2) is 25.2 Å². The van der Waals surface area contributed by atoms with Gasteiger partial charge in [-0.05, 0) is 20.0 Å². The Hall–Kier alpha value is -0.440. The maximum atomic E-state index is 9.81. The maximum absolute atomic E-state index is 9.81. The fourth-order valence-corrected chi connectivity index (χ4v) is 0.978. The zero-order chi connectivity index (χ0) is 8.53. The lowest BCUT2D eigenvalue weighted by atomic mass is 10.2. The number of rotatable bonds is 7. The van der Waals surface area contributed by atoms with Crippen molar-refractivity contribution in [2.24, 2.45) is 5.18 Å². The van der Waals surface area contributed by atoms with Gasteiger partial charge in [0, 0.05) is 0 Å². The number of nitroso groups, excluding NO2 is 1. The second-order valence-electron chi connectivity index (χ2n) is 2.91. The third-order valence-electron chi connectivity index (χ3n) is 1.69. The minimum atomic E-state index is 0.326. The molecule has 0 N–H and O–H groups in total. The Balaban J connectivity index is 3.03. The van der Waals surface area contributed by atoms with Gasteiger partial charge < -0.3 is 0 Å². The van der Waals surface area contributed by atoms with Gasteiger partial charge in [-0.1, -0.05) is 31.4 Å². The lowest BCUT2D eigenvalue weighted by Gasteiger charge is -2.10. The molecule has 0 amide bonds. The molecule has 0 saturated carbocycles. The van der Waals surface area contributed by atoms with Crippen LogP contribution in [0.5, 0.6) is 0 Å². The summed E-state index contributed by atoms with van der Waals surface area (Å²) in [4.78, 5) is 11.8. The number of hydrogen-bond acceptors (Lipinski definition) is 3. The standard InChI is InChI=1S/C8H18N2O/c1-3-4-5-6-7-10(2)8-9-11/h3-8H2,1-2H3. The summed E-state index contributed by atoms with van der Waals surface area (Å²) < 4.78 is 0. The molecular weight excluding hydrogens is 140 g/mol. The first kappa shape index (κ1) is 10.6. The summed E-state index contributed by atoms with van der Waals surface area (Å²) in [6, 6.07) is 0. The molecule has 0 radical (unpaired) electrons. The third kappa shape index (κ3) is 7.46. The smallest absolute Gasteiger partial charge is 0.133 e. The molecule has 0 bridgehead atoms. The topological polar surface area (TPSA) is 32.7 Å². The molecule has 0 spiro atoms. The Kier molecular flexibility index (Phi) is 7.36. The fraction of sp³-hybridized carbons (Fsp3) is 1.00. The van der Waals surface area contributed by atoms with Crippen molar-refractivity contribution in [3.63, 3.8) is 0 Å². The predicted molar refractivity (Wildman–Crippen MR) is 47.4 cm³/mol. The number of nitrogens with zero attached hydrogens (tertiary/aromatic N) is 2. The van der Waals surface area contributed by atoms with Gasteiger partial charge in [0.2, 0.25) is 0 Å². The van der Waals surface area contributed by atoms with Crippen molar-refractivity contribution >= 4 is 0 Å². The van der Waals surface area contributed by atoms with Crippen LogP contribution in [0.2, 0.25) is 0 Å². The second kappa shape index (κ2) is 7.66. The van der Waals surface area contributed by atoms with Crippen molar-refractivity contribution in [1.82, 2.24) is 4.90 Å². The van der Waals surface area contributed by atoms with Crippen LogP contribution in [0.15, 0.2) is 5.18 Å². The Morgan fingerprint density at radius 1 is 1.27 bits per heavy atom. The summed E-state index contributed by atoms with van der Waals surface area (Å²) >= 11 is 0. The highest BCUT2D eigenvalue weighted by atomic mass is 16.3. The lowest BCUT2D eigenvalue weighted by Crippen LogP contribution is -2.19. The van der Waals surface area contributed by atoms with Crippen molar-refractivity contribution < 1.29 is 0 Å². The highest BCUT2D eigenvalue weighted by Gasteiger charge is 1.95. The van der Waals surface area contributed by atoms with Crippen LogP contribution in [0.25, 0.3) is 0 Å². The highest BCUT2D eigenvalue weighted by molar-refractivity contribution is 4.49. The number of unbranched alkanes of at least 4 members (excludes halogenated alkanes) is 3. The summed E-state index contributed by atoms with van der Waals surface area (Å²) in [7, 11) is 1.92. The summed E-state index contributed by atoms with van der Waals surface area (Å²) in [6.07, 6.45) is 5.00. The van der Waals surface area contributed by atoms with Crippen LogP contribution in [0.3, 0.4) is 0 Å². The Bertz CT molecular complexity index is 96.1. The van der Waals surface area contributed by atoms with Gasteiger partial charge in [-0.15, -0.1) is 4.91 Å². The molecule has 3 heteroatoms. The molecule has 0 aromatic rings. The van der Waals surface area contributed by atoms with Gasteiger partial charge in [0.25, 0.3) is 0 Å². The molecular formula is C8H18N2O. The summed E-state index contributed by atoms with van der Waals surface area (Å²) in [6.45, 7) is 3.51. The van der Waals surface area contributed by atoms with Gasteiger partial charge in [0.05, 0.1) is 0 Å². The molecule has 0 atom stereocenters. The average molecular weight is 158 g/mol. The number of hydrogen-bond donors (Lipinski definition) is 0. The Labute approximate surface area is 68.7 Å². The molecule has 3 nitrogen and oxygen atoms in total. The molecule has 0 unspecified atom stereocenters. The zero-order valence-corrected chi connectivity index (χ0v) is 7.55. The largest absolute Gasteiger partial charge is 0.285 e. The van der Waals surface area contributed by atoms with Crippen molar-refractivity contribution in [2.75, 3.05) is 20.3 Å². The van der Waals surface area contributed by atoms with Crippen LogP contribution < -0.4 is 0 Å². The van der Waals surface area contributed by atoms with E-state index in [9.17, 15) is 4.91 Å². The van der Waals surface area contributed by atoms with Gasteiger partial charge in [0.15, 0.2) is 0 Å². The first-order valence-corrected chi connectivity index (χ1v) is 4.29. The zero-order valence-electron chi connectivity index (χ0n) is 7.55. The van der Waals surface area contributed by atoms with Crippen LogP contribution in [-0.2, 0) is 0 Å². The normalized spacial score (nSPS) is 10.5. The minimum Gasteiger partial charge on any atom is -0.285 e. The Morgan fingerprint density at radius 2 is 2.00 bits per heavy atom. The Morgan fingerprint density at radius 3 is 2.55 bits per heavy atom. The molecule has 66 valence electrons. The van der Waals surface area contributed by atoms with Crippen molar-refractivity contribution in [3.05, 3.63) is 4.91 Å². The molecule has 0 aromatic heterocycles. The van der Waals surface area contributed by atoms with E-state index in [1.54, 1.807) is 0 Å². The quantitative estimate of drug-likeness (QED) is 0.420. The first-order valence-electron chi connectivity index (χ1n) is 4.29. The molecule has 0 heterocycles. The first-order chi connectivity index (χ1) is 5.31. The molecule has 0 aliphatic rings. The van der Waals surface area contributed by atoms with E-state index in [4.69, 9.17) is 0 Å². The molecule has 0 fully saturated rings. The van der Waals surface area contributed by atoms with Gasteiger partial charge in [0.1, 0.15) is 6.67 Å². The van der Waals surface area contributed by atoms with Crippen molar-refractivity contribution in [3.8, 4) is 0 Å². The third-order valence-corrected chi connectivity index (χ3v) is 1.69. The van der Waals surface area contributed by atoms with E-state index in [2.05, 4.69) is 12.1 Å². The van der Waals surface area contributed by atoms with Gasteiger partial charge in [-0.2, -0.15) is 0 Å². The van der Waals surface area contributed by atoms with Crippen LogP contribution in [0.1, 0.15) is 32.6 Å². The van der Waals surface area contributed by atoms with E-state index >= 15 is 0 Å². The molecule has 11 heavy (non-hydrogen) atoms. The molecule has 0 aromatic carbocycles. The second-order valence-corrected chi connectivity index (χ2v) is 2.91. The van der Waals surface area contributed by atoms with E-state index < -0.39 is 0 Å². The SMILES string of the molecule is CCCCCCN(C)CN=O. The average Bonchev–Trinajstić information content (AvgIpc) is 1.99.